The summed E-state index contributed by atoms with van der Waals surface area (Å²) in [5.41, 5.74) is 0. The van der Waals surface area contributed by atoms with Crippen molar-refractivity contribution in [3.63, 3.8) is 0 Å². The maximum Gasteiger partial charge on any atom is 0.150 e. The molecule has 2 aromatic rings. The molecule has 1 saturated carbocycles. The minimum Gasteiger partial charge on any atom is -0.493 e. The highest BCUT2D eigenvalue weighted by atomic mass is 16.5. The fourth-order valence-corrected chi connectivity index (χ4v) is 3.01. The molecule has 4 rings (SSSR count). The number of hydrogen-bond donors (Lipinski definition) is 1. The van der Waals surface area contributed by atoms with Gasteiger partial charge in [-0.1, -0.05) is 18.2 Å². The van der Waals surface area contributed by atoms with Crippen molar-refractivity contribution >= 4 is 0 Å². The summed E-state index contributed by atoms with van der Waals surface area (Å²) in [6.45, 7) is 2.62. The van der Waals surface area contributed by atoms with Crippen LogP contribution >= 0.6 is 0 Å². The third-order valence-corrected chi connectivity index (χ3v) is 4.26. The van der Waals surface area contributed by atoms with Gasteiger partial charge in [0.2, 0.25) is 0 Å². The van der Waals surface area contributed by atoms with Crippen molar-refractivity contribution in [1.82, 2.24) is 20.1 Å². The van der Waals surface area contributed by atoms with Crippen LogP contribution in [0.5, 0.6) is 5.75 Å². The van der Waals surface area contributed by atoms with Gasteiger partial charge in [0, 0.05) is 19.5 Å². The Balaban J connectivity index is 1.42. The predicted molar refractivity (Wildman–Crippen MR) is 79.1 cm³/mol. The Morgan fingerprint density at radius 3 is 2.86 bits per heavy atom. The zero-order chi connectivity index (χ0) is 14.1. The number of nitrogens with one attached hydrogen (secondary N) is 1. The van der Waals surface area contributed by atoms with E-state index in [4.69, 9.17) is 4.74 Å². The standard InChI is InChI=1S/C16H20N4O/c1-2-4-13(5-3-1)21-11-8-14-18-19-16-15(12-6-7-12)17-9-10-20(14)16/h1-5,12,15,17H,6-11H2. The van der Waals surface area contributed by atoms with Gasteiger partial charge in [0.05, 0.1) is 12.6 Å². The second kappa shape index (κ2) is 5.48. The van der Waals surface area contributed by atoms with Crippen molar-refractivity contribution in [2.24, 2.45) is 5.92 Å². The summed E-state index contributed by atoms with van der Waals surface area (Å²) < 4.78 is 8.05. The van der Waals surface area contributed by atoms with Gasteiger partial charge in [-0.05, 0) is 30.9 Å². The molecule has 21 heavy (non-hydrogen) atoms. The Hall–Kier alpha value is -1.88. The van der Waals surface area contributed by atoms with Gasteiger partial charge in [0.1, 0.15) is 11.6 Å². The Labute approximate surface area is 124 Å². The first kappa shape index (κ1) is 12.8. The molecule has 110 valence electrons. The van der Waals surface area contributed by atoms with Gasteiger partial charge >= 0.3 is 0 Å². The Kier molecular flexibility index (Phi) is 3.35. The molecule has 1 N–H and O–H groups in total. The molecule has 5 heteroatoms. The number of nitrogens with zero attached hydrogens (tertiary/aromatic N) is 3. The number of rotatable bonds is 5. The number of fused-ring (bicyclic) bond motifs is 1. The molecular formula is C16H20N4O. The second-order valence-corrected chi connectivity index (χ2v) is 5.81. The van der Waals surface area contributed by atoms with E-state index >= 15 is 0 Å². The average molecular weight is 284 g/mol. The summed E-state index contributed by atoms with van der Waals surface area (Å²) in [6, 6.07) is 10.3. The molecule has 1 unspecified atom stereocenters. The highest BCUT2D eigenvalue weighted by Crippen LogP contribution is 2.41. The van der Waals surface area contributed by atoms with E-state index < -0.39 is 0 Å². The molecule has 1 aliphatic heterocycles. The molecule has 1 aromatic heterocycles. The highest BCUT2D eigenvalue weighted by Gasteiger charge is 2.37. The molecule has 2 aliphatic rings. The van der Waals surface area contributed by atoms with E-state index in [1.54, 1.807) is 0 Å². The first-order valence-corrected chi connectivity index (χ1v) is 7.75. The van der Waals surface area contributed by atoms with Gasteiger partial charge in [0.15, 0.2) is 5.82 Å². The molecule has 1 aliphatic carbocycles. The van der Waals surface area contributed by atoms with E-state index in [2.05, 4.69) is 20.1 Å². The van der Waals surface area contributed by atoms with Crippen molar-refractivity contribution < 1.29 is 4.74 Å². The number of benzene rings is 1. The van der Waals surface area contributed by atoms with Crippen molar-refractivity contribution in [3.8, 4) is 5.75 Å². The summed E-state index contributed by atoms with van der Waals surface area (Å²) in [4.78, 5) is 0. The van der Waals surface area contributed by atoms with Crippen LogP contribution in [0.25, 0.3) is 0 Å². The first-order chi connectivity index (χ1) is 10.4. The minimum atomic E-state index is 0.412. The summed E-state index contributed by atoms with van der Waals surface area (Å²) in [6.07, 6.45) is 3.44. The van der Waals surface area contributed by atoms with Gasteiger partial charge in [-0.25, -0.2) is 0 Å². The van der Waals surface area contributed by atoms with Crippen molar-refractivity contribution in [3.05, 3.63) is 42.0 Å². The molecule has 0 bridgehead atoms. The Bertz CT molecular complexity index is 606. The minimum absolute atomic E-state index is 0.412. The van der Waals surface area contributed by atoms with E-state index in [9.17, 15) is 0 Å². The predicted octanol–water partition coefficient (Wildman–Crippen LogP) is 1.95. The summed E-state index contributed by atoms with van der Waals surface area (Å²) in [5, 5.41) is 12.4. The molecule has 1 atom stereocenters. The zero-order valence-electron chi connectivity index (χ0n) is 12.0. The van der Waals surface area contributed by atoms with Crippen molar-refractivity contribution in [2.45, 2.75) is 31.8 Å². The molecule has 0 radical (unpaired) electrons. The monoisotopic (exact) mass is 284 g/mol. The first-order valence-electron chi connectivity index (χ1n) is 7.75. The molecule has 0 amide bonds. The Morgan fingerprint density at radius 1 is 1.19 bits per heavy atom. The van der Waals surface area contributed by atoms with E-state index in [0.29, 0.717) is 12.6 Å². The largest absolute Gasteiger partial charge is 0.493 e. The fraction of sp³-hybridized carbons (Fsp3) is 0.500. The molecule has 0 spiro atoms. The van der Waals surface area contributed by atoms with E-state index in [1.807, 2.05) is 30.3 Å². The second-order valence-electron chi connectivity index (χ2n) is 5.81. The number of hydrogen-bond acceptors (Lipinski definition) is 4. The smallest absolute Gasteiger partial charge is 0.150 e. The van der Waals surface area contributed by atoms with Gasteiger partial charge < -0.3 is 14.6 Å². The van der Waals surface area contributed by atoms with Crippen LogP contribution in [0.1, 0.15) is 30.5 Å². The van der Waals surface area contributed by atoms with Crippen LogP contribution in [-0.2, 0) is 13.0 Å². The van der Waals surface area contributed by atoms with Crippen LogP contribution in [0.3, 0.4) is 0 Å². The van der Waals surface area contributed by atoms with Crippen LogP contribution in [0.2, 0.25) is 0 Å². The average Bonchev–Trinajstić information content (AvgIpc) is 3.29. The van der Waals surface area contributed by atoms with Crippen LogP contribution in [0.15, 0.2) is 30.3 Å². The van der Waals surface area contributed by atoms with Crippen LogP contribution in [-0.4, -0.2) is 27.9 Å². The van der Waals surface area contributed by atoms with Gasteiger partial charge in [-0.15, -0.1) is 10.2 Å². The van der Waals surface area contributed by atoms with Crippen molar-refractivity contribution in [2.75, 3.05) is 13.2 Å². The summed E-state index contributed by atoms with van der Waals surface area (Å²) >= 11 is 0. The molecule has 0 saturated heterocycles. The molecule has 1 fully saturated rings. The van der Waals surface area contributed by atoms with Crippen LogP contribution in [0.4, 0.5) is 0 Å². The Morgan fingerprint density at radius 2 is 2.05 bits per heavy atom. The maximum absolute atomic E-state index is 5.76. The number of ether oxygens (including phenoxy) is 1. The lowest BCUT2D eigenvalue weighted by Gasteiger charge is -2.25. The molecule has 2 heterocycles. The molecule has 5 nitrogen and oxygen atoms in total. The highest BCUT2D eigenvalue weighted by molar-refractivity contribution is 5.21. The fourth-order valence-electron chi connectivity index (χ4n) is 3.01. The zero-order valence-corrected chi connectivity index (χ0v) is 12.0. The lowest BCUT2D eigenvalue weighted by Crippen LogP contribution is -2.35. The van der Waals surface area contributed by atoms with E-state index in [-0.39, 0.29) is 0 Å². The SMILES string of the molecule is c1ccc(OCCc2nnc3n2CCNC3C2CC2)cc1. The lowest BCUT2D eigenvalue weighted by atomic mass is 10.1. The van der Waals surface area contributed by atoms with Crippen LogP contribution < -0.4 is 10.1 Å². The number of aromatic nitrogens is 3. The van der Waals surface area contributed by atoms with Crippen LogP contribution in [0, 0.1) is 5.92 Å². The lowest BCUT2D eigenvalue weighted by molar-refractivity contribution is 0.313. The summed E-state index contributed by atoms with van der Waals surface area (Å²) in [5.74, 6) is 3.85. The van der Waals surface area contributed by atoms with Gasteiger partial charge in [0.25, 0.3) is 0 Å². The molecule has 1 aromatic carbocycles. The van der Waals surface area contributed by atoms with E-state index in [1.165, 1.54) is 12.8 Å². The van der Waals surface area contributed by atoms with Gasteiger partial charge in [-0.3, -0.25) is 0 Å². The van der Waals surface area contributed by atoms with E-state index in [0.717, 1.165) is 42.8 Å². The third kappa shape index (κ3) is 2.65. The normalized spacial score (nSPS) is 21.0. The quantitative estimate of drug-likeness (QED) is 0.912. The summed E-state index contributed by atoms with van der Waals surface area (Å²) in [7, 11) is 0. The number of para-hydroxylation sites is 1. The van der Waals surface area contributed by atoms with Gasteiger partial charge in [-0.2, -0.15) is 0 Å². The maximum atomic E-state index is 5.76. The van der Waals surface area contributed by atoms with Crippen molar-refractivity contribution in [1.29, 1.82) is 0 Å². The third-order valence-electron chi connectivity index (χ3n) is 4.26. The molecular weight excluding hydrogens is 264 g/mol. The topological polar surface area (TPSA) is 52.0 Å².